The maximum Gasteiger partial charge on any atom is 0.295 e. The van der Waals surface area contributed by atoms with Crippen LogP contribution in [0.2, 0.25) is 0 Å². The number of methoxy groups -OCH3 is 1. The van der Waals surface area contributed by atoms with Gasteiger partial charge in [0.1, 0.15) is 18.1 Å². The van der Waals surface area contributed by atoms with Crippen molar-refractivity contribution in [3.8, 4) is 17.2 Å². The minimum atomic E-state index is -0.886. The van der Waals surface area contributed by atoms with Crippen molar-refractivity contribution in [2.24, 2.45) is 0 Å². The maximum atomic E-state index is 13.5. The molecule has 5 rings (SSSR count). The molecule has 41 heavy (non-hydrogen) atoms. The van der Waals surface area contributed by atoms with E-state index in [1.54, 1.807) is 60.9 Å². The molecule has 1 saturated heterocycles. The number of carbonyl (C=O) groups is 2. The lowest BCUT2D eigenvalue weighted by molar-refractivity contribution is -0.140. The highest BCUT2D eigenvalue weighted by Gasteiger charge is 2.46. The number of aliphatic hydroxyl groups is 1. The summed E-state index contributed by atoms with van der Waals surface area (Å²) >= 11 is 0. The quantitative estimate of drug-likeness (QED) is 0.154. The van der Waals surface area contributed by atoms with Crippen molar-refractivity contribution >= 4 is 17.4 Å². The Morgan fingerprint density at radius 1 is 0.902 bits per heavy atom. The van der Waals surface area contributed by atoms with Gasteiger partial charge in [-0.15, -0.1) is 0 Å². The minimum absolute atomic E-state index is 0.0208. The number of aliphatic hydroxyl groups excluding tert-OH is 1. The van der Waals surface area contributed by atoms with E-state index in [1.165, 1.54) is 12.0 Å². The molecule has 1 fully saturated rings. The molecular weight excluding hydrogens is 520 g/mol. The number of benzene rings is 3. The lowest BCUT2D eigenvalue weighted by atomic mass is 9.94. The van der Waals surface area contributed by atoms with Crippen molar-refractivity contribution < 1.29 is 28.9 Å². The largest absolute Gasteiger partial charge is 0.507 e. The molecule has 8 nitrogen and oxygen atoms in total. The second-order valence-electron chi connectivity index (χ2n) is 9.43. The highest BCUT2D eigenvalue weighted by Crippen LogP contribution is 2.43. The van der Waals surface area contributed by atoms with Crippen LogP contribution in [0.4, 0.5) is 0 Å². The van der Waals surface area contributed by atoms with E-state index in [9.17, 15) is 14.7 Å². The molecule has 1 aliphatic rings. The zero-order valence-electron chi connectivity index (χ0n) is 22.8. The topological polar surface area (TPSA) is 98.2 Å². The van der Waals surface area contributed by atoms with Crippen LogP contribution in [0.5, 0.6) is 17.2 Å². The van der Waals surface area contributed by atoms with E-state index in [0.717, 1.165) is 11.1 Å². The zero-order chi connectivity index (χ0) is 28.8. The Kier molecular flexibility index (Phi) is 8.29. The van der Waals surface area contributed by atoms with E-state index in [4.69, 9.17) is 14.2 Å². The third-order valence-electron chi connectivity index (χ3n) is 6.77. The summed E-state index contributed by atoms with van der Waals surface area (Å²) in [6.45, 7) is 2.76. The molecule has 1 atom stereocenters. The Hall–Kier alpha value is -5.11. The molecule has 1 aromatic heterocycles. The zero-order valence-corrected chi connectivity index (χ0v) is 22.8. The highest BCUT2D eigenvalue weighted by molar-refractivity contribution is 6.46. The van der Waals surface area contributed by atoms with E-state index < -0.39 is 17.7 Å². The summed E-state index contributed by atoms with van der Waals surface area (Å²) in [4.78, 5) is 32.5. The van der Waals surface area contributed by atoms with Gasteiger partial charge in [-0.05, 0) is 53.9 Å². The summed E-state index contributed by atoms with van der Waals surface area (Å²) in [6.07, 6.45) is 3.28. The van der Waals surface area contributed by atoms with Crippen molar-refractivity contribution in [3.63, 3.8) is 0 Å². The van der Waals surface area contributed by atoms with Crippen LogP contribution in [-0.4, -0.2) is 40.4 Å². The molecule has 8 heteroatoms. The summed E-state index contributed by atoms with van der Waals surface area (Å²) in [6, 6.07) is 24.5. The molecule has 2 heterocycles. The Morgan fingerprint density at radius 3 is 2.44 bits per heavy atom. The minimum Gasteiger partial charge on any atom is -0.507 e. The lowest BCUT2D eigenvalue weighted by Crippen LogP contribution is -2.29. The Morgan fingerprint density at radius 2 is 1.71 bits per heavy atom. The molecule has 0 spiro atoms. The number of amides is 1. The molecule has 1 unspecified atom stereocenters. The molecule has 4 aromatic rings. The van der Waals surface area contributed by atoms with E-state index in [-0.39, 0.29) is 17.9 Å². The smallest absolute Gasteiger partial charge is 0.295 e. The predicted molar refractivity (Wildman–Crippen MR) is 153 cm³/mol. The standard InChI is InChI=1S/C33H30N2O6/c1-3-40-26-13-7-12-25(17-26)31(36)29-30(35(33(38)32(29)37)20-23-11-8-16-34-19-23)24-14-15-27(28(18-24)39-2)41-21-22-9-5-4-6-10-22/h4-19,30,36H,3,20-21H2,1-2H3/b31-29+. The lowest BCUT2D eigenvalue weighted by Gasteiger charge is -2.26. The summed E-state index contributed by atoms with van der Waals surface area (Å²) in [5, 5.41) is 11.5. The van der Waals surface area contributed by atoms with E-state index in [0.29, 0.717) is 41.6 Å². The molecule has 0 radical (unpaired) electrons. The van der Waals surface area contributed by atoms with Crippen LogP contribution < -0.4 is 14.2 Å². The second kappa shape index (κ2) is 12.4. The van der Waals surface area contributed by atoms with Crippen LogP contribution in [0.25, 0.3) is 5.76 Å². The van der Waals surface area contributed by atoms with Gasteiger partial charge in [0.15, 0.2) is 11.5 Å². The number of hydrogen-bond donors (Lipinski definition) is 1. The fourth-order valence-electron chi connectivity index (χ4n) is 4.84. The van der Waals surface area contributed by atoms with Gasteiger partial charge in [0.05, 0.1) is 25.3 Å². The molecule has 0 aliphatic carbocycles. The fraction of sp³-hybridized carbons (Fsp3) is 0.182. The molecule has 0 bridgehead atoms. The number of rotatable bonds is 10. The van der Waals surface area contributed by atoms with Gasteiger partial charge in [-0.1, -0.05) is 54.6 Å². The van der Waals surface area contributed by atoms with Crippen molar-refractivity contribution in [2.45, 2.75) is 26.1 Å². The molecule has 1 aliphatic heterocycles. The van der Waals surface area contributed by atoms with Crippen molar-refractivity contribution in [1.29, 1.82) is 0 Å². The number of aromatic nitrogens is 1. The van der Waals surface area contributed by atoms with Gasteiger partial charge in [-0.2, -0.15) is 0 Å². The van der Waals surface area contributed by atoms with Crippen LogP contribution in [0, 0.1) is 0 Å². The SMILES string of the molecule is CCOc1cccc(/C(O)=C2\C(=O)C(=O)N(Cc3cccnc3)C2c2ccc(OCc3ccccc3)c(OC)c2)c1. The van der Waals surface area contributed by atoms with E-state index in [1.807, 2.05) is 43.3 Å². The maximum absolute atomic E-state index is 13.5. The monoisotopic (exact) mass is 550 g/mol. The van der Waals surface area contributed by atoms with Crippen LogP contribution in [0.3, 0.4) is 0 Å². The first kappa shape index (κ1) is 27.5. The van der Waals surface area contributed by atoms with Gasteiger partial charge >= 0.3 is 0 Å². The number of nitrogens with zero attached hydrogens (tertiary/aromatic N) is 2. The van der Waals surface area contributed by atoms with Crippen LogP contribution >= 0.6 is 0 Å². The summed E-state index contributed by atoms with van der Waals surface area (Å²) in [7, 11) is 1.53. The summed E-state index contributed by atoms with van der Waals surface area (Å²) in [5.74, 6) is -0.296. The first-order valence-corrected chi connectivity index (χ1v) is 13.2. The molecular formula is C33H30N2O6. The molecule has 0 saturated carbocycles. The first-order chi connectivity index (χ1) is 20.0. The summed E-state index contributed by atoms with van der Waals surface area (Å²) < 4.78 is 17.2. The van der Waals surface area contributed by atoms with Gasteiger partial charge < -0.3 is 24.2 Å². The van der Waals surface area contributed by atoms with Gasteiger partial charge in [0, 0.05) is 24.5 Å². The van der Waals surface area contributed by atoms with Crippen molar-refractivity contribution in [2.75, 3.05) is 13.7 Å². The van der Waals surface area contributed by atoms with Crippen molar-refractivity contribution in [1.82, 2.24) is 9.88 Å². The van der Waals surface area contributed by atoms with Crippen molar-refractivity contribution in [3.05, 3.63) is 125 Å². The van der Waals surface area contributed by atoms with Crippen LogP contribution in [-0.2, 0) is 22.7 Å². The average molecular weight is 551 g/mol. The van der Waals surface area contributed by atoms with Gasteiger partial charge in [0.2, 0.25) is 0 Å². The van der Waals surface area contributed by atoms with Gasteiger partial charge in [-0.25, -0.2) is 0 Å². The van der Waals surface area contributed by atoms with Crippen LogP contribution in [0.15, 0.2) is 103 Å². The fourth-order valence-corrected chi connectivity index (χ4v) is 4.84. The number of ether oxygens (including phenoxy) is 3. The Balaban J connectivity index is 1.58. The molecule has 1 N–H and O–H groups in total. The Labute approximate surface area is 238 Å². The number of pyridine rings is 1. The number of hydrogen-bond acceptors (Lipinski definition) is 7. The molecule has 3 aromatic carbocycles. The normalized spacial score (nSPS) is 16.0. The number of carbonyl (C=O) groups excluding carboxylic acids is 2. The predicted octanol–water partition coefficient (Wildman–Crippen LogP) is 5.69. The van der Waals surface area contributed by atoms with Gasteiger partial charge in [0.25, 0.3) is 11.7 Å². The number of Topliss-reactive ketones (excluding diaryl/α,β-unsaturated/α-hetero) is 1. The second-order valence-corrected chi connectivity index (χ2v) is 9.43. The number of likely N-dealkylation sites (tertiary alicyclic amines) is 1. The first-order valence-electron chi connectivity index (χ1n) is 13.2. The van der Waals surface area contributed by atoms with E-state index >= 15 is 0 Å². The Bertz CT molecular complexity index is 1570. The number of ketones is 1. The summed E-state index contributed by atoms with van der Waals surface area (Å²) in [5.41, 5.74) is 2.67. The highest BCUT2D eigenvalue weighted by atomic mass is 16.5. The van der Waals surface area contributed by atoms with Gasteiger partial charge in [-0.3, -0.25) is 14.6 Å². The van der Waals surface area contributed by atoms with E-state index in [2.05, 4.69) is 4.98 Å². The third-order valence-corrected chi connectivity index (χ3v) is 6.77. The third kappa shape index (κ3) is 5.91. The molecule has 1 amide bonds. The average Bonchev–Trinajstić information content (AvgIpc) is 3.26. The van der Waals surface area contributed by atoms with Crippen LogP contribution in [0.1, 0.15) is 35.2 Å². The molecule has 208 valence electrons.